The first kappa shape index (κ1) is 14.7. The van der Waals surface area contributed by atoms with E-state index in [4.69, 9.17) is 4.74 Å². The van der Waals surface area contributed by atoms with E-state index in [2.05, 4.69) is 29.5 Å². The highest BCUT2D eigenvalue weighted by Crippen LogP contribution is 2.27. The minimum Gasteiger partial charge on any atom is -0.488 e. The molecule has 0 aliphatic carbocycles. The smallest absolute Gasteiger partial charge is 0.133 e. The Bertz CT molecular complexity index is 546. The Balaban J connectivity index is 1.99. The summed E-state index contributed by atoms with van der Waals surface area (Å²) in [6, 6.07) is 12.1. The normalized spacial score (nSPS) is 10.3. The minimum absolute atomic E-state index is 0.556. The molecule has 0 bridgehead atoms. The van der Waals surface area contributed by atoms with Crippen LogP contribution >= 0.6 is 11.8 Å². The van der Waals surface area contributed by atoms with Crippen molar-refractivity contribution < 1.29 is 4.74 Å². The van der Waals surface area contributed by atoms with Crippen LogP contribution in [0.15, 0.2) is 47.5 Å². The summed E-state index contributed by atoms with van der Waals surface area (Å²) in [6.07, 6.45) is 4.96. The van der Waals surface area contributed by atoms with E-state index in [1.165, 1.54) is 0 Å². The molecule has 2 rings (SSSR count). The van der Waals surface area contributed by atoms with Crippen LogP contribution in [-0.4, -0.2) is 17.8 Å². The van der Waals surface area contributed by atoms with Crippen molar-refractivity contribution in [3.8, 4) is 5.75 Å². The average molecular weight is 288 g/mol. The van der Waals surface area contributed by atoms with Crippen molar-refractivity contribution in [1.29, 1.82) is 0 Å². The van der Waals surface area contributed by atoms with Crippen LogP contribution in [0.25, 0.3) is 0 Å². The molecule has 1 aromatic heterocycles. The molecular formula is C16H20N2OS. The second kappa shape index (κ2) is 7.80. The molecule has 1 aromatic carbocycles. The van der Waals surface area contributed by atoms with Crippen molar-refractivity contribution in [2.24, 2.45) is 0 Å². The molecule has 0 saturated heterocycles. The van der Waals surface area contributed by atoms with Crippen LogP contribution in [0.3, 0.4) is 0 Å². The number of hydrogen-bond acceptors (Lipinski definition) is 4. The van der Waals surface area contributed by atoms with Gasteiger partial charge in [-0.05, 0) is 42.5 Å². The zero-order valence-corrected chi connectivity index (χ0v) is 12.7. The van der Waals surface area contributed by atoms with Crippen LogP contribution in [0.2, 0.25) is 0 Å². The summed E-state index contributed by atoms with van der Waals surface area (Å²) < 4.78 is 5.90. The van der Waals surface area contributed by atoms with Gasteiger partial charge in [0.05, 0.1) is 0 Å². The topological polar surface area (TPSA) is 34.1 Å². The molecule has 3 nitrogen and oxygen atoms in total. The molecule has 0 saturated carbocycles. The number of pyridine rings is 1. The molecule has 106 valence electrons. The third kappa shape index (κ3) is 4.17. The summed E-state index contributed by atoms with van der Waals surface area (Å²) in [5.41, 5.74) is 1.12. The Morgan fingerprint density at radius 1 is 1.25 bits per heavy atom. The van der Waals surface area contributed by atoms with Gasteiger partial charge in [0.1, 0.15) is 18.2 Å². The zero-order chi connectivity index (χ0) is 14.2. The summed E-state index contributed by atoms with van der Waals surface area (Å²) in [7, 11) is 0. The summed E-state index contributed by atoms with van der Waals surface area (Å²) in [5.74, 6) is 1.84. The quantitative estimate of drug-likeness (QED) is 0.774. The lowest BCUT2D eigenvalue weighted by atomic mass is 10.2. The highest BCUT2D eigenvalue weighted by molar-refractivity contribution is 7.98. The Hall–Kier alpha value is -1.68. The van der Waals surface area contributed by atoms with Crippen molar-refractivity contribution in [2.75, 3.05) is 18.1 Å². The predicted molar refractivity (Wildman–Crippen MR) is 85.6 cm³/mol. The number of nitrogens with one attached hydrogen (secondary N) is 1. The van der Waals surface area contributed by atoms with Crippen LogP contribution in [0.4, 0.5) is 5.82 Å². The largest absolute Gasteiger partial charge is 0.488 e. The van der Waals surface area contributed by atoms with E-state index in [9.17, 15) is 0 Å². The highest BCUT2D eigenvalue weighted by atomic mass is 32.2. The fraction of sp³-hybridized carbons (Fsp3) is 0.312. The van der Waals surface area contributed by atoms with E-state index >= 15 is 0 Å². The first-order valence-corrected chi connectivity index (χ1v) is 8.00. The van der Waals surface area contributed by atoms with Crippen LogP contribution in [-0.2, 0) is 6.61 Å². The number of nitrogens with zero attached hydrogens (tertiary/aromatic N) is 1. The van der Waals surface area contributed by atoms with Crippen LogP contribution in [0.1, 0.15) is 18.9 Å². The maximum Gasteiger partial charge on any atom is 0.133 e. The van der Waals surface area contributed by atoms with E-state index in [0.717, 1.165) is 35.0 Å². The maximum absolute atomic E-state index is 5.90. The average Bonchev–Trinajstić information content (AvgIpc) is 2.51. The molecule has 0 aliphatic heterocycles. The van der Waals surface area contributed by atoms with Crippen molar-refractivity contribution in [3.63, 3.8) is 0 Å². The van der Waals surface area contributed by atoms with Gasteiger partial charge < -0.3 is 10.1 Å². The predicted octanol–water partition coefficient (Wildman–Crippen LogP) is 4.20. The van der Waals surface area contributed by atoms with Gasteiger partial charge in [0.25, 0.3) is 0 Å². The van der Waals surface area contributed by atoms with E-state index in [1.807, 2.05) is 36.5 Å². The number of benzene rings is 1. The molecule has 4 heteroatoms. The fourth-order valence-corrected chi connectivity index (χ4v) is 2.36. The summed E-state index contributed by atoms with van der Waals surface area (Å²) in [4.78, 5) is 5.45. The minimum atomic E-state index is 0.556. The molecule has 0 radical (unpaired) electrons. The van der Waals surface area contributed by atoms with E-state index in [-0.39, 0.29) is 0 Å². The standard InChI is InChI=1S/C16H20N2OS/c1-3-9-17-16-11-13(8-10-18-16)12-19-14-6-4-5-7-15(14)20-2/h4-8,10-11H,3,9,12H2,1-2H3,(H,17,18). The Morgan fingerprint density at radius 3 is 2.90 bits per heavy atom. The van der Waals surface area contributed by atoms with Gasteiger partial charge in [-0.15, -0.1) is 11.8 Å². The number of hydrogen-bond donors (Lipinski definition) is 1. The van der Waals surface area contributed by atoms with Crippen LogP contribution in [0, 0.1) is 0 Å². The van der Waals surface area contributed by atoms with Gasteiger partial charge in [-0.25, -0.2) is 4.98 Å². The summed E-state index contributed by atoms with van der Waals surface area (Å²) >= 11 is 1.70. The first-order valence-electron chi connectivity index (χ1n) is 6.78. The maximum atomic E-state index is 5.90. The highest BCUT2D eigenvalue weighted by Gasteiger charge is 2.03. The molecule has 0 amide bonds. The lowest BCUT2D eigenvalue weighted by molar-refractivity contribution is 0.299. The first-order chi connectivity index (χ1) is 9.83. The molecule has 0 spiro atoms. The second-order valence-corrected chi connectivity index (χ2v) is 5.26. The molecule has 0 atom stereocenters. The number of para-hydroxylation sites is 1. The van der Waals surface area contributed by atoms with Gasteiger partial charge in [-0.2, -0.15) is 0 Å². The van der Waals surface area contributed by atoms with Crippen molar-refractivity contribution in [2.45, 2.75) is 24.8 Å². The third-order valence-electron chi connectivity index (χ3n) is 2.84. The lowest BCUT2D eigenvalue weighted by Gasteiger charge is -2.11. The number of aromatic nitrogens is 1. The van der Waals surface area contributed by atoms with E-state index in [1.54, 1.807) is 11.8 Å². The molecule has 0 unspecified atom stereocenters. The Labute approximate surface area is 124 Å². The summed E-state index contributed by atoms with van der Waals surface area (Å²) in [5, 5.41) is 3.28. The number of rotatable bonds is 7. The molecule has 0 fully saturated rings. The molecule has 1 heterocycles. The summed E-state index contributed by atoms with van der Waals surface area (Å²) in [6.45, 7) is 3.63. The Morgan fingerprint density at radius 2 is 2.10 bits per heavy atom. The SMILES string of the molecule is CCCNc1cc(COc2ccccc2SC)ccn1. The zero-order valence-electron chi connectivity index (χ0n) is 11.9. The van der Waals surface area contributed by atoms with Crippen LogP contribution in [0.5, 0.6) is 5.75 Å². The van der Waals surface area contributed by atoms with Crippen molar-refractivity contribution in [1.82, 2.24) is 4.98 Å². The van der Waals surface area contributed by atoms with Gasteiger partial charge in [0.2, 0.25) is 0 Å². The Kier molecular flexibility index (Phi) is 5.74. The number of ether oxygens (including phenoxy) is 1. The van der Waals surface area contributed by atoms with Crippen molar-refractivity contribution >= 4 is 17.6 Å². The number of anilines is 1. The van der Waals surface area contributed by atoms with Gasteiger partial charge in [-0.3, -0.25) is 0 Å². The second-order valence-electron chi connectivity index (χ2n) is 4.42. The van der Waals surface area contributed by atoms with E-state index < -0.39 is 0 Å². The third-order valence-corrected chi connectivity index (χ3v) is 3.62. The van der Waals surface area contributed by atoms with Gasteiger partial charge >= 0.3 is 0 Å². The number of thioether (sulfide) groups is 1. The van der Waals surface area contributed by atoms with Gasteiger partial charge in [-0.1, -0.05) is 19.1 Å². The molecule has 2 aromatic rings. The van der Waals surface area contributed by atoms with E-state index in [0.29, 0.717) is 6.61 Å². The fourth-order valence-electron chi connectivity index (χ4n) is 1.81. The monoisotopic (exact) mass is 288 g/mol. The molecule has 1 N–H and O–H groups in total. The lowest BCUT2D eigenvalue weighted by Crippen LogP contribution is -2.03. The van der Waals surface area contributed by atoms with Gasteiger partial charge in [0, 0.05) is 17.6 Å². The molecule has 20 heavy (non-hydrogen) atoms. The van der Waals surface area contributed by atoms with Crippen LogP contribution < -0.4 is 10.1 Å². The van der Waals surface area contributed by atoms with Crippen molar-refractivity contribution in [3.05, 3.63) is 48.2 Å². The van der Waals surface area contributed by atoms with Gasteiger partial charge in [0.15, 0.2) is 0 Å². The molecular weight excluding hydrogens is 268 g/mol. The molecule has 0 aliphatic rings.